The highest BCUT2D eigenvalue weighted by Crippen LogP contribution is 2.36. The highest BCUT2D eigenvalue weighted by Gasteiger charge is 2.18. The highest BCUT2D eigenvalue weighted by molar-refractivity contribution is 6.09. The summed E-state index contributed by atoms with van der Waals surface area (Å²) in [6, 6.07) is 53.7. The number of aromatic nitrogens is 4. The Labute approximate surface area is 255 Å². The monoisotopic (exact) mass is 562 g/mol. The summed E-state index contributed by atoms with van der Waals surface area (Å²) >= 11 is 0. The van der Waals surface area contributed by atoms with Crippen molar-refractivity contribution >= 4 is 21.8 Å². The summed E-state index contributed by atoms with van der Waals surface area (Å²) in [5, 5.41) is 1.99. The molecule has 8 aromatic rings. The van der Waals surface area contributed by atoms with E-state index in [1.54, 1.807) is 0 Å². The fourth-order valence-corrected chi connectivity index (χ4v) is 5.66. The molecular formula is C40H26N4. The van der Waals surface area contributed by atoms with Gasteiger partial charge in [-0.2, -0.15) is 0 Å². The summed E-state index contributed by atoms with van der Waals surface area (Å²) in [5.41, 5.74) is 10.2. The highest BCUT2D eigenvalue weighted by atomic mass is 14.9. The molecule has 0 fully saturated rings. The molecule has 206 valence electrons. The van der Waals surface area contributed by atoms with Crippen LogP contribution in [0.15, 0.2) is 158 Å². The first-order valence-corrected chi connectivity index (χ1v) is 14.7. The number of pyridine rings is 2. The van der Waals surface area contributed by atoms with Gasteiger partial charge >= 0.3 is 0 Å². The van der Waals surface area contributed by atoms with Crippen LogP contribution < -0.4 is 0 Å². The summed E-state index contributed by atoms with van der Waals surface area (Å²) in [6.45, 7) is 0. The molecule has 3 aromatic heterocycles. The van der Waals surface area contributed by atoms with Gasteiger partial charge in [0.2, 0.25) is 0 Å². The molecule has 0 aliphatic heterocycles. The van der Waals surface area contributed by atoms with Crippen molar-refractivity contribution in [3.8, 4) is 56.4 Å². The molecule has 0 unspecified atom stereocenters. The van der Waals surface area contributed by atoms with Gasteiger partial charge in [-0.3, -0.25) is 0 Å². The number of hydrogen-bond donors (Lipinski definition) is 0. The quantitative estimate of drug-likeness (QED) is 0.196. The van der Waals surface area contributed by atoms with E-state index in [9.17, 15) is 0 Å². The van der Waals surface area contributed by atoms with E-state index in [1.807, 2.05) is 72.8 Å². The molecule has 0 amide bonds. The molecule has 0 radical (unpaired) electrons. The van der Waals surface area contributed by atoms with Gasteiger partial charge in [0.15, 0.2) is 5.82 Å². The number of fused-ring (bicyclic) bond motifs is 3. The molecule has 3 heterocycles. The minimum Gasteiger partial charge on any atom is -0.245 e. The van der Waals surface area contributed by atoms with Gasteiger partial charge in [-0.05, 0) is 18.2 Å². The minimum absolute atomic E-state index is 0.647. The molecule has 5 aromatic carbocycles. The summed E-state index contributed by atoms with van der Waals surface area (Å²) in [5.74, 6) is 0.647. The molecule has 4 nitrogen and oxygen atoms in total. The average molecular weight is 563 g/mol. The normalized spacial score (nSPS) is 11.2. The van der Waals surface area contributed by atoms with Crippen molar-refractivity contribution in [1.82, 2.24) is 19.9 Å². The third kappa shape index (κ3) is 4.79. The van der Waals surface area contributed by atoms with Crippen LogP contribution in [0.2, 0.25) is 0 Å². The number of hydrogen-bond acceptors (Lipinski definition) is 4. The van der Waals surface area contributed by atoms with Crippen molar-refractivity contribution in [2.45, 2.75) is 0 Å². The van der Waals surface area contributed by atoms with Crippen LogP contribution in [-0.2, 0) is 0 Å². The van der Waals surface area contributed by atoms with E-state index >= 15 is 0 Å². The molecule has 0 bridgehead atoms. The maximum Gasteiger partial charge on any atom is 0.161 e. The standard InChI is InChI=1S/C40H26N4/c1-5-13-27(14-6-1)34-24-22-31-21-23-32-33(25-35(28-15-7-2-8-16-28)42-39(32)38(31)41-34)40-43-36(29-17-9-3-10-18-29)26-37(44-40)30-19-11-4-12-20-30/h1-26H. The van der Waals surface area contributed by atoms with E-state index in [0.717, 1.165) is 72.4 Å². The van der Waals surface area contributed by atoms with Crippen LogP contribution in [-0.4, -0.2) is 19.9 Å². The van der Waals surface area contributed by atoms with E-state index in [4.69, 9.17) is 19.9 Å². The van der Waals surface area contributed by atoms with Gasteiger partial charge in [0, 0.05) is 38.6 Å². The van der Waals surface area contributed by atoms with Gasteiger partial charge in [0.05, 0.1) is 33.8 Å². The van der Waals surface area contributed by atoms with Crippen LogP contribution in [0.25, 0.3) is 78.2 Å². The van der Waals surface area contributed by atoms with Gasteiger partial charge in [0.25, 0.3) is 0 Å². The first-order valence-electron chi connectivity index (χ1n) is 14.7. The smallest absolute Gasteiger partial charge is 0.161 e. The Hall–Kier alpha value is -6.00. The van der Waals surface area contributed by atoms with Gasteiger partial charge < -0.3 is 0 Å². The van der Waals surface area contributed by atoms with Crippen LogP contribution in [0.4, 0.5) is 0 Å². The van der Waals surface area contributed by atoms with Crippen LogP contribution in [0.5, 0.6) is 0 Å². The molecule has 0 aliphatic carbocycles. The lowest BCUT2D eigenvalue weighted by Gasteiger charge is -2.14. The van der Waals surface area contributed by atoms with Gasteiger partial charge in [-0.1, -0.05) is 140 Å². The second-order valence-electron chi connectivity index (χ2n) is 10.7. The van der Waals surface area contributed by atoms with Crippen LogP contribution in [0.1, 0.15) is 0 Å². The second kappa shape index (κ2) is 11.0. The zero-order valence-electron chi connectivity index (χ0n) is 23.8. The predicted octanol–water partition coefficient (Wildman–Crippen LogP) is 9.91. The van der Waals surface area contributed by atoms with Crippen molar-refractivity contribution < 1.29 is 0 Å². The Morgan fingerprint density at radius 1 is 0.318 bits per heavy atom. The third-order valence-corrected chi connectivity index (χ3v) is 7.88. The largest absolute Gasteiger partial charge is 0.245 e. The Kier molecular flexibility index (Phi) is 6.43. The summed E-state index contributed by atoms with van der Waals surface area (Å²) in [7, 11) is 0. The predicted molar refractivity (Wildman–Crippen MR) is 180 cm³/mol. The van der Waals surface area contributed by atoms with Gasteiger partial charge in [-0.25, -0.2) is 19.9 Å². The van der Waals surface area contributed by atoms with Gasteiger partial charge in [0.1, 0.15) is 0 Å². The Bertz CT molecular complexity index is 2190. The van der Waals surface area contributed by atoms with Crippen molar-refractivity contribution in [2.75, 3.05) is 0 Å². The topological polar surface area (TPSA) is 51.6 Å². The maximum atomic E-state index is 5.24. The number of nitrogens with zero attached hydrogens (tertiary/aromatic N) is 4. The Morgan fingerprint density at radius 2 is 0.750 bits per heavy atom. The molecule has 0 spiro atoms. The molecule has 0 saturated heterocycles. The first-order chi connectivity index (χ1) is 21.8. The molecule has 0 atom stereocenters. The van der Waals surface area contributed by atoms with E-state index < -0.39 is 0 Å². The lowest BCUT2D eigenvalue weighted by atomic mass is 10.00. The van der Waals surface area contributed by atoms with Gasteiger partial charge in [-0.15, -0.1) is 0 Å². The van der Waals surface area contributed by atoms with Crippen molar-refractivity contribution in [3.63, 3.8) is 0 Å². The number of benzene rings is 5. The zero-order chi connectivity index (χ0) is 29.3. The molecule has 0 saturated carbocycles. The molecule has 44 heavy (non-hydrogen) atoms. The van der Waals surface area contributed by atoms with E-state index in [0.29, 0.717) is 5.82 Å². The summed E-state index contributed by atoms with van der Waals surface area (Å²) in [4.78, 5) is 20.7. The van der Waals surface area contributed by atoms with Crippen molar-refractivity contribution in [2.24, 2.45) is 0 Å². The average Bonchev–Trinajstić information content (AvgIpc) is 3.12. The van der Waals surface area contributed by atoms with Crippen LogP contribution in [0, 0.1) is 0 Å². The van der Waals surface area contributed by atoms with Crippen LogP contribution in [0.3, 0.4) is 0 Å². The SMILES string of the molecule is c1ccc(-c2cc(-c3ccccc3)nc(-c3cc(-c4ccccc4)nc4c3ccc3ccc(-c5ccccc5)nc34)n2)cc1. The summed E-state index contributed by atoms with van der Waals surface area (Å²) < 4.78 is 0. The fourth-order valence-electron chi connectivity index (χ4n) is 5.66. The fraction of sp³-hybridized carbons (Fsp3) is 0. The second-order valence-corrected chi connectivity index (χ2v) is 10.7. The first kappa shape index (κ1) is 25.7. The lowest BCUT2D eigenvalue weighted by Crippen LogP contribution is -1.99. The minimum atomic E-state index is 0.647. The number of rotatable bonds is 5. The lowest BCUT2D eigenvalue weighted by molar-refractivity contribution is 1.18. The van der Waals surface area contributed by atoms with E-state index in [2.05, 4.69) is 84.9 Å². The molecule has 0 N–H and O–H groups in total. The van der Waals surface area contributed by atoms with E-state index in [-0.39, 0.29) is 0 Å². The molecule has 8 rings (SSSR count). The van der Waals surface area contributed by atoms with Crippen molar-refractivity contribution in [1.29, 1.82) is 0 Å². The molecule has 0 aliphatic rings. The third-order valence-electron chi connectivity index (χ3n) is 7.88. The molecular weight excluding hydrogens is 536 g/mol. The zero-order valence-corrected chi connectivity index (χ0v) is 23.8. The Balaban J connectivity index is 1.44. The van der Waals surface area contributed by atoms with Crippen LogP contribution >= 0.6 is 0 Å². The Morgan fingerprint density at radius 3 is 1.27 bits per heavy atom. The summed E-state index contributed by atoms with van der Waals surface area (Å²) in [6.07, 6.45) is 0. The van der Waals surface area contributed by atoms with E-state index in [1.165, 1.54) is 0 Å². The van der Waals surface area contributed by atoms with Crippen molar-refractivity contribution in [3.05, 3.63) is 158 Å². The maximum absolute atomic E-state index is 5.24. The molecule has 4 heteroatoms.